The molecule has 5 aromatic carbocycles. The number of halogens is 20. The zero-order valence-corrected chi connectivity index (χ0v) is 29.4. The van der Waals surface area contributed by atoms with E-state index in [9.17, 15) is 57.5 Å². The van der Waals surface area contributed by atoms with Gasteiger partial charge in [-0.15, -0.1) is 21.9 Å². The number of ketones is 1. The summed E-state index contributed by atoms with van der Waals surface area (Å²) in [5.74, 6) is -71.3. The molecule has 6 rings (SSSR count). The summed E-state index contributed by atoms with van der Waals surface area (Å²) in [6.07, 6.45) is -3.19. The first-order valence-corrected chi connectivity index (χ1v) is 16.2. The summed E-state index contributed by atoms with van der Waals surface area (Å²) >= 11 is 0. The summed E-state index contributed by atoms with van der Waals surface area (Å²) in [4.78, 5) is 11.2. The van der Waals surface area contributed by atoms with Crippen LogP contribution in [-0.4, -0.2) is 11.9 Å². The van der Waals surface area contributed by atoms with Crippen LogP contribution in [0, 0.1) is 116 Å². The van der Waals surface area contributed by atoms with Gasteiger partial charge in [0.05, 0.1) is 0 Å². The fourth-order valence-corrected chi connectivity index (χ4v) is 6.51. The average molecular weight is 891 g/mol. The fraction of sp³-hybridized carbons (Fsp3) is 0.0526. The minimum Gasteiger partial charge on any atom is -0.295 e. The Balaban J connectivity index is 0.000000366. The largest absolute Gasteiger partial charge is 0.295 e. The molecular formula is C38H14BF20NO. The van der Waals surface area contributed by atoms with E-state index in [1.54, 1.807) is 6.92 Å². The molecule has 0 aliphatic heterocycles. The van der Waals surface area contributed by atoms with E-state index in [4.69, 9.17) is 0 Å². The van der Waals surface area contributed by atoms with Crippen molar-refractivity contribution < 1.29 is 97.2 Å². The lowest BCUT2D eigenvalue weighted by Crippen LogP contribution is -2.81. The van der Waals surface area contributed by atoms with Crippen LogP contribution >= 0.6 is 0 Å². The molecule has 2 nitrogen and oxygen atoms in total. The maximum absolute atomic E-state index is 15.4. The molecule has 1 aromatic heterocycles. The van der Waals surface area contributed by atoms with Crippen molar-refractivity contribution in [1.29, 1.82) is 0 Å². The number of rotatable bonds is 7. The van der Waals surface area contributed by atoms with E-state index >= 15 is 35.1 Å². The Labute approximate surface area is 326 Å². The van der Waals surface area contributed by atoms with Gasteiger partial charge in [0.25, 0.3) is 0 Å². The Bertz CT molecular complexity index is 2380. The van der Waals surface area contributed by atoms with Crippen LogP contribution in [0.1, 0.15) is 22.8 Å². The molecule has 0 N–H and O–H groups in total. The van der Waals surface area contributed by atoms with Crippen molar-refractivity contribution in [3.63, 3.8) is 0 Å². The third-order valence-electron chi connectivity index (χ3n) is 9.18. The maximum Gasteiger partial charge on any atom is 0.200 e. The predicted octanol–water partition coefficient (Wildman–Crippen LogP) is 8.07. The van der Waals surface area contributed by atoms with Gasteiger partial charge in [-0.1, -0.05) is 24.3 Å². The van der Waals surface area contributed by atoms with E-state index in [1.807, 2.05) is 54.9 Å². The van der Waals surface area contributed by atoms with Crippen LogP contribution in [0.5, 0.6) is 0 Å². The van der Waals surface area contributed by atoms with Gasteiger partial charge in [0.2, 0.25) is 0 Å². The summed E-state index contributed by atoms with van der Waals surface area (Å²) in [6, 6.07) is 13.7. The lowest BCUT2D eigenvalue weighted by atomic mass is 9.12. The molecule has 0 aliphatic carbocycles. The van der Waals surface area contributed by atoms with Crippen molar-refractivity contribution in [2.75, 3.05) is 0 Å². The summed E-state index contributed by atoms with van der Waals surface area (Å²) < 4.78 is 296. The molecule has 0 amide bonds. The zero-order valence-electron chi connectivity index (χ0n) is 29.4. The van der Waals surface area contributed by atoms with E-state index in [-0.39, 0.29) is 5.78 Å². The molecule has 1 heterocycles. The maximum atomic E-state index is 15.4. The van der Waals surface area contributed by atoms with Crippen molar-refractivity contribution in [2.24, 2.45) is 0 Å². The summed E-state index contributed by atoms with van der Waals surface area (Å²) in [5.41, 5.74) is -12.4. The molecule has 0 saturated carbocycles. The standard InChI is InChI=1S/C24BF20.C14H14NO/c26-5-1(6(27)14(35)21(42)13(5)34)25(2-7(28)15(36)22(43)16(37)8(2)29,3-9(30)17(38)23(44)18(39)10(3)31)4-11(32)19(40)24(45)20(41)12(4)33;1-12(16)14-7-5-6-13(10-14)11-15-8-3-2-4-9-15/h;2-10H,11H2,1H3/q-1;+1. The Hall–Kier alpha value is -6.42. The molecule has 0 radical (unpaired) electrons. The minimum absolute atomic E-state index is 0.111. The Kier molecular flexibility index (Phi) is 12.7. The molecular weight excluding hydrogens is 877 g/mol. The van der Waals surface area contributed by atoms with Gasteiger partial charge in [0.1, 0.15) is 52.7 Å². The predicted molar refractivity (Wildman–Crippen MR) is 171 cm³/mol. The second-order valence-electron chi connectivity index (χ2n) is 12.6. The summed E-state index contributed by atoms with van der Waals surface area (Å²) in [6.45, 7) is 2.39. The van der Waals surface area contributed by atoms with Crippen LogP contribution in [0.15, 0.2) is 54.9 Å². The van der Waals surface area contributed by atoms with Crippen molar-refractivity contribution in [1.82, 2.24) is 0 Å². The third kappa shape index (κ3) is 7.32. The molecule has 6 aromatic rings. The van der Waals surface area contributed by atoms with Crippen molar-refractivity contribution in [2.45, 2.75) is 13.5 Å². The van der Waals surface area contributed by atoms with Gasteiger partial charge in [0, 0.05) is 23.3 Å². The van der Waals surface area contributed by atoms with E-state index in [2.05, 4.69) is 4.57 Å². The number of carbonyl (C=O) groups is 1. The number of hydrogen-bond donors (Lipinski definition) is 0. The molecule has 0 bridgehead atoms. The SMILES string of the molecule is CC(=O)c1cccc(C[n+]2ccccc2)c1.Fc1c(F)c(F)c([B-](c2c(F)c(F)c(F)c(F)c2F)(c2c(F)c(F)c(F)c(F)c2F)c2c(F)c(F)c(F)c(F)c2F)c(F)c1F. The monoisotopic (exact) mass is 891 g/mol. The van der Waals surface area contributed by atoms with Gasteiger partial charge in [-0.2, -0.15) is 0 Å². The van der Waals surface area contributed by atoms with Crippen LogP contribution in [0.2, 0.25) is 0 Å². The first-order valence-electron chi connectivity index (χ1n) is 16.2. The first-order chi connectivity index (χ1) is 28.5. The quantitative estimate of drug-likeness (QED) is 0.0397. The van der Waals surface area contributed by atoms with Crippen LogP contribution < -0.4 is 26.4 Å². The first kappa shape index (κ1) is 45.7. The highest BCUT2D eigenvalue weighted by Crippen LogP contribution is 2.30. The van der Waals surface area contributed by atoms with Crippen molar-refractivity contribution in [3.05, 3.63) is 182 Å². The summed E-state index contributed by atoms with van der Waals surface area (Å²) in [7, 11) is 0. The Morgan fingerprint density at radius 1 is 0.393 bits per heavy atom. The van der Waals surface area contributed by atoms with Crippen LogP contribution in [0.25, 0.3) is 0 Å². The van der Waals surface area contributed by atoms with E-state index in [0.717, 1.165) is 17.7 Å². The number of Topliss-reactive ketones (excluding diaryl/α,β-unsaturated/α-hetero) is 1. The molecule has 0 saturated heterocycles. The van der Waals surface area contributed by atoms with Crippen LogP contribution in [0.3, 0.4) is 0 Å². The third-order valence-corrected chi connectivity index (χ3v) is 9.18. The smallest absolute Gasteiger partial charge is 0.200 e. The average Bonchev–Trinajstić information content (AvgIpc) is 3.24. The van der Waals surface area contributed by atoms with Crippen molar-refractivity contribution in [3.8, 4) is 0 Å². The highest BCUT2D eigenvalue weighted by atomic mass is 19.2. The highest BCUT2D eigenvalue weighted by molar-refractivity contribution is 7.20. The Morgan fingerprint density at radius 3 is 0.918 bits per heavy atom. The van der Waals surface area contributed by atoms with Crippen molar-refractivity contribution >= 4 is 33.8 Å². The van der Waals surface area contributed by atoms with Gasteiger partial charge in [-0.05, 0) is 13.0 Å². The molecule has 0 spiro atoms. The highest BCUT2D eigenvalue weighted by Gasteiger charge is 2.52. The molecule has 0 fully saturated rings. The van der Waals surface area contributed by atoms with Crippen LogP contribution in [-0.2, 0) is 6.54 Å². The van der Waals surface area contributed by atoms with Gasteiger partial charge in [-0.3, -0.25) is 4.79 Å². The lowest BCUT2D eigenvalue weighted by molar-refractivity contribution is -0.688. The van der Waals surface area contributed by atoms with Crippen LogP contribution in [0.4, 0.5) is 87.8 Å². The zero-order chi connectivity index (χ0) is 45.7. The number of aromatic nitrogens is 1. The molecule has 320 valence electrons. The second kappa shape index (κ2) is 16.9. The number of benzene rings is 5. The number of carbonyl (C=O) groups excluding carboxylic acids is 1. The Morgan fingerprint density at radius 2 is 0.656 bits per heavy atom. The minimum atomic E-state index is -7.22. The van der Waals surface area contributed by atoms with Gasteiger partial charge in [-0.25, -0.2) is 92.4 Å². The van der Waals surface area contributed by atoms with Gasteiger partial charge >= 0.3 is 0 Å². The van der Waals surface area contributed by atoms with Gasteiger partial charge < -0.3 is 0 Å². The lowest BCUT2D eigenvalue weighted by Gasteiger charge is -2.44. The second-order valence-corrected chi connectivity index (χ2v) is 12.6. The molecule has 0 unspecified atom stereocenters. The fourth-order valence-electron chi connectivity index (χ4n) is 6.51. The number of nitrogens with zero attached hydrogens (tertiary/aromatic N) is 1. The molecule has 0 aliphatic rings. The van der Waals surface area contributed by atoms with E-state index in [0.29, 0.717) is 0 Å². The summed E-state index contributed by atoms with van der Waals surface area (Å²) in [5, 5.41) is 0. The molecule has 0 atom stereocenters. The van der Waals surface area contributed by atoms with Gasteiger partial charge in [0.15, 0.2) is 94.5 Å². The molecule has 61 heavy (non-hydrogen) atoms. The topological polar surface area (TPSA) is 20.9 Å². The normalized spacial score (nSPS) is 11.5. The molecule has 23 heteroatoms. The number of hydrogen-bond acceptors (Lipinski definition) is 1. The van der Waals surface area contributed by atoms with E-state index in [1.165, 1.54) is 0 Å². The van der Waals surface area contributed by atoms with E-state index < -0.39 is 144 Å². The number of pyridine rings is 1.